The Morgan fingerprint density at radius 1 is 0.824 bits per heavy atom. The van der Waals surface area contributed by atoms with Gasteiger partial charge >= 0.3 is 0 Å². The molecule has 0 aliphatic rings. The Bertz CT molecular complexity index is 452. The van der Waals surface area contributed by atoms with Gasteiger partial charge in [-0.3, -0.25) is 0 Å². The first kappa shape index (κ1) is 12.9. The number of phenolic OH excluding ortho intramolecular Hbond substituents is 3. The number of aryl methyl sites for hydroxylation is 1. The summed E-state index contributed by atoms with van der Waals surface area (Å²) in [4.78, 5) is 0. The van der Waals surface area contributed by atoms with Gasteiger partial charge in [0.1, 0.15) is 17.2 Å². The van der Waals surface area contributed by atoms with Crippen molar-refractivity contribution < 1.29 is 15.3 Å². The molecule has 0 spiro atoms. The molecule has 0 unspecified atom stereocenters. The van der Waals surface area contributed by atoms with Crippen LogP contribution >= 0.6 is 0 Å². The van der Waals surface area contributed by atoms with Gasteiger partial charge in [0.25, 0.3) is 0 Å². The quantitative estimate of drug-likeness (QED) is 0.708. The van der Waals surface area contributed by atoms with Crippen LogP contribution in [0, 0.1) is 0 Å². The average molecular weight is 232 g/mol. The third-order valence-electron chi connectivity index (χ3n) is 2.21. The highest BCUT2D eigenvalue weighted by Crippen LogP contribution is 2.22. The fourth-order valence-corrected chi connectivity index (χ4v) is 1.28. The molecule has 90 valence electrons. The lowest BCUT2D eigenvalue weighted by Gasteiger charge is -1.99. The standard InChI is InChI=1S/C8H10O2.C6H6O/c1-2-6-3-4-7(9)5-8(6)10;7-6-4-2-1-3-5-6/h3-5,9-10H,2H2,1H3;1-5,7H. The number of hydrogen-bond acceptors (Lipinski definition) is 3. The van der Waals surface area contributed by atoms with Gasteiger partial charge in [-0.2, -0.15) is 0 Å². The van der Waals surface area contributed by atoms with Crippen molar-refractivity contribution in [3.8, 4) is 17.2 Å². The molecular weight excluding hydrogens is 216 g/mol. The molecule has 2 aromatic carbocycles. The molecule has 0 fully saturated rings. The van der Waals surface area contributed by atoms with Gasteiger partial charge in [0.2, 0.25) is 0 Å². The van der Waals surface area contributed by atoms with Crippen molar-refractivity contribution in [3.63, 3.8) is 0 Å². The highest BCUT2D eigenvalue weighted by Gasteiger charge is 1.97. The predicted octanol–water partition coefficient (Wildman–Crippen LogP) is 3.05. The number of rotatable bonds is 1. The summed E-state index contributed by atoms with van der Waals surface area (Å²) in [6.45, 7) is 1.95. The minimum absolute atomic E-state index is 0.106. The van der Waals surface area contributed by atoms with Crippen molar-refractivity contribution in [2.75, 3.05) is 0 Å². The number of hydrogen-bond donors (Lipinski definition) is 3. The van der Waals surface area contributed by atoms with Gasteiger partial charge in [-0.25, -0.2) is 0 Å². The van der Waals surface area contributed by atoms with E-state index in [0.717, 1.165) is 12.0 Å². The first-order valence-corrected chi connectivity index (χ1v) is 5.38. The van der Waals surface area contributed by atoms with Crippen LogP contribution in [0.4, 0.5) is 0 Å². The van der Waals surface area contributed by atoms with E-state index >= 15 is 0 Å². The Kier molecular flexibility index (Phi) is 4.88. The lowest BCUT2D eigenvalue weighted by atomic mass is 10.1. The van der Waals surface area contributed by atoms with E-state index < -0.39 is 0 Å². The molecule has 2 rings (SSSR count). The van der Waals surface area contributed by atoms with E-state index in [-0.39, 0.29) is 11.5 Å². The van der Waals surface area contributed by atoms with Gasteiger partial charge < -0.3 is 15.3 Å². The molecule has 0 atom stereocenters. The summed E-state index contributed by atoms with van der Waals surface area (Å²) in [5.74, 6) is 0.597. The van der Waals surface area contributed by atoms with Crippen molar-refractivity contribution in [1.82, 2.24) is 0 Å². The zero-order chi connectivity index (χ0) is 12.7. The smallest absolute Gasteiger partial charge is 0.122 e. The monoisotopic (exact) mass is 232 g/mol. The van der Waals surface area contributed by atoms with E-state index in [1.807, 2.05) is 13.0 Å². The van der Waals surface area contributed by atoms with Gasteiger partial charge in [0, 0.05) is 6.07 Å². The van der Waals surface area contributed by atoms with Gasteiger partial charge in [-0.1, -0.05) is 31.2 Å². The Morgan fingerprint density at radius 2 is 1.47 bits per heavy atom. The summed E-state index contributed by atoms with van der Waals surface area (Å²) in [5, 5.41) is 26.6. The molecule has 0 radical (unpaired) electrons. The summed E-state index contributed by atoms with van der Waals surface area (Å²) in [6.07, 6.45) is 0.784. The Hall–Kier alpha value is -2.16. The molecule has 0 aliphatic carbocycles. The molecule has 0 aliphatic heterocycles. The highest BCUT2D eigenvalue weighted by molar-refractivity contribution is 5.38. The lowest BCUT2D eigenvalue weighted by molar-refractivity contribution is 0.446. The summed E-state index contributed by atoms with van der Waals surface area (Å²) in [5.41, 5.74) is 0.859. The van der Waals surface area contributed by atoms with Crippen LogP contribution in [-0.4, -0.2) is 15.3 Å². The van der Waals surface area contributed by atoms with E-state index in [1.54, 1.807) is 36.4 Å². The third kappa shape index (κ3) is 4.47. The third-order valence-corrected chi connectivity index (χ3v) is 2.21. The first-order valence-electron chi connectivity index (χ1n) is 5.38. The number of aromatic hydroxyl groups is 3. The minimum atomic E-state index is 0.106. The lowest BCUT2D eigenvalue weighted by Crippen LogP contribution is -1.79. The van der Waals surface area contributed by atoms with Gasteiger partial charge in [0.05, 0.1) is 0 Å². The normalized spacial score (nSPS) is 9.24. The molecular formula is C14H16O3. The maximum absolute atomic E-state index is 9.13. The molecule has 0 amide bonds. The molecule has 17 heavy (non-hydrogen) atoms. The van der Waals surface area contributed by atoms with Crippen LogP contribution in [0.2, 0.25) is 0 Å². The second kappa shape index (κ2) is 6.43. The first-order chi connectivity index (χ1) is 8.13. The summed E-state index contributed by atoms with van der Waals surface area (Å²) in [7, 11) is 0. The number of phenols is 3. The topological polar surface area (TPSA) is 60.7 Å². The van der Waals surface area contributed by atoms with Crippen LogP contribution in [0.15, 0.2) is 48.5 Å². The molecule has 0 saturated heterocycles. The van der Waals surface area contributed by atoms with Crippen molar-refractivity contribution in [2.45, 2.75) is 13.3 Å². The van der Waals surface area contributed by atoms with Crippen molar-refractivity contribution in [3.05, 3.63) is 54.1 Å². The van der Waals surface area contributed by atoms with Crippen LogP contribution in [0.1, 0.15) is 12.5 Å². The SMILES string of the molecule is CCc1ccc(O)cc1O.Oc1ccccc1. The Morgan fingerprint density at radius 3 is 1.88 bits per heavy atom. The van der Waals surface area contributed by atoms with Crippen LogP contribution in [0.25, 0.3) is 0 Å². The summed E-state index contributed by atoms with van der Waals surface area (Å²) in [6, 6.07) is 13.3. The van der Waals surface area contributed by atoms with E-state index in [4.69, 9.17) is 15.3 Å². The number of benzene rings is 2. The molecule has 0 bridgehead atoms. The molecule has 2 aromatic rings. The van der Waals surface area contributed by atoms with E-state index in [1.165, 1.54) is 6.07 Å². The molecule has 3 heteroatoms. The second-order valence-electron chi connectivity index (χ2n) is 3.50. The van der Waals surface area contributed by atoms with Crippen LogP contribution in [-0.2, 0) is 6.42 Å². The predicted molar refractivity (Wildman–Crippen MR) is 67.3 cm³/mol. The maximum atomic E-state index is 9.13. The van der Waals surface area contributed by atoms with Crippen molar-refractivity contribution in [2.24, 2.45) is 0 Å². The van der Waals surface area contributed by atoms with E-state index in [0.29, 0.717) is 5.75 Å². The molecule has 3 nitrogen and oxygen atoms in total. The average Bonchev–Trinajstić information content (AvgIpc) is 2.31. The number of para-hydroxylation sites is 1. The van der Waals surface area contributed by atoms with Crippen LogP contribution in [0.3, 0.4) is 0 Å². The van der Waals surface area contributed by atoms with Crippen molar-refractivity contribution >= 4 is 0 Å². The molecule has 0 aromatic heterocycles. The highest BCUT2D eigenvalue weighted by atomic mass is 16.3. The Balaban J connectivity index is 0.000000181. The van der Waals surface area contributed by atoms with Crippen LogP contribution < -0.4 is 0 Å². The van der Waals surface area contributed by atoms with Crippen molar-refractivity contribution in [1.29, 1.82) is 0 Å². The van der Waals surface area contributed by atoms with E-state index in [2.05, 4.69) is 0 Å². The molecule has 3 N–H and O–H groups in total. The fraction of sp³-hybridized carbons (Fsp3) is 0.143. The molecule has 0 heterocycles. The fourth-order valence-electron chi connectivity index (χ4n) is 1.28. The zero-order valence-corrected chi connectivity index (χ0v) is 9.67. The largest absolute Gasteiger partial charge is 0.508 e. The summed E-state index contributed by atoms with van der Waals surface area (Å²) >= 11 is 0. The van der Waals surface area contributed by atoms with Gasteiger partial charge in [-0.15, -0.1) is 0 Å². The minimum Gasteiger partial charge on any atom is -0.508 e. The van der Waals surface area contributed by atoms with Crippen LogP contribution in [0.5, 0.6) is 17.2 Å². The van der Waals surface area contributed by atoms with E-state index in [9.17, 15) is 0 Å². The summed E-state index contributed by atoms with van der Waals surface area (Å²) < 4.78 is 0. The maximum Gasteiger partial charge on any atom is 0.122 e. The second-order valence-corrected chi connectivity index (χ2v) is 3.50. The Labute approximate surface area is 101 Å². The zero-order valence-electron chi connectivity index (χ0n) is 9.67. The molecule has 0 saturated carbocycles. The van der Waals surface area contributed by atoms with Gasteiger partial charge in [0.15, 0.2) is 0 Å². The van der Waals surface area contributed by atoms with Gasteiger partial charge in [-0.05, 0) is 30.2 Å².